The summed E-state index contributed by atoms with van der Waals surface area (Å²) >= 11 is 5.89. The Morgan fingerprint density at radius 3 is 2.52 bits per heavy atom. The van der Waals surface area contributed by atoms with Gasteiger partial charge in [0.25, 0.3) is 11.8 Å². The standard InChI is InChI=1S/C18H23ClN2O4/c19-15-9-5-4-8-14(15)18(24)21-20-16(22)12-25-17(23)11-10-13-6-2-1-3-7-13/h4-5,8-9,13H,1-3,6-7,10-12H2,(H,20,22)(H,21,24). The number of carbonyl (C=O) groups excluding carboxylic acids is 3. The Kier molecular flexibility index (Phi) is 7.73. The van der Waals surface area contributed by atoms with Gasteiger partial charge in [0.05, 0.1) is 10.6 Å². The highest BCUT2D eigenvalue weighted by Gasteiger charge is 2.16. The lowest BCUT2D eigenvalue weighted by molar-refractivity contribution is -0.149. The number of benzene rings is 1. The van der Waals surface area contributed by atoms with Crippen LogP contribution in [0, 0.1) is 5.92 Å². The second-order valence-electron chi connectivity index (χ2n) is 6.19. The summed E-state index contributed by atoms with van der Waals surface area (Å²) in [5.41, 5.74) is 4.67. The number of nitrogens with one attached hydrogen (secondary N) is 2. The predicted octanol–water partition coefficient (Wildman–Crippen LogP) is 3.00. The van der Waals surface area contributed by atoms with E-state index in [2.05, 4.69) is 10.9 Å². The Bertz CT molecular complexity index is 615. The van der Waals surface area contributed by atoms with Crippen molar-refractivity contribution in [2.75, 3.05) is 6.61 Å². The summed E-state index contributed by atoms with van der Waals surface area (Å²) in [6.45, 7) is -0.424. The largest absolute Gasteiger partial charge is 0.455 e. The minimum atomic E-state index is -0.605. The summed E-state index contributed by atoms with van der Waals surface area (Å²) in [5.74, 6) is -0.947. The molecule has 0 aromatic heterocycles. The van der Waals surface area contributed by atoms with Gasteiger partial charge in [0, 0.05) is 6.42 Å². The van der Waals surface area contributed by atoms with Crippen molar-refractivity contribution in [3.8, 4) is 0 Å². The second-order valence-corrected chi connectivity index (χ2v) is 6.59. The third-order valence-electron chi connectivity index (χ3n) is 4.28. The molecule has 0 spiro atoms. The van der Waals surface area contributed by atoms with Gasteiger partial charge in [-0.3, -0.25) is 25.2 Å². The molecule has 1 aromatic rings. The zero-order valence-electron chi connectivity index (χ0n) is 14.1. The molecule has 0 atom stereocenters. The van der Waals surface area contributed by atoms with Gasteiger partial charge < -0.3 is 4.74 Å². The zero-order valence-corrected chi connectivity index (χ0v) is 14.8. The molecule has 0 aliphatic heterocycles. The van der Waals surface area contributed by atoms with Crippen LogP contribution in [0.5, 0.6) is 0 Å². The maximum atomic E-state index is 11.9. The number of ether oxygens (including phenoxy) is 1. The molecule has 1 aliphatic carbocycles. The molecule has 136 valence electrons. The number of esters is 1. The molecular weight excluding hydrogens is 344 g/mol. The molecule has 2 N–H and O–H groups in total. The van der Waals surface area contributed by atoms with Crippen molar-refractivity contribution in [3.05, 3.63) is 34.9 Å². The highest BCUT2D eigenvalue weighted by atomic mass is 35.5. The van der Waals surface area contributed by atoms with E-state index >= 15 is 0 Å². The molecule has 1 saturated carbocycles. The molecule has 0 saturated heterocycles. The van der Waals surface area contributed by atoms with Crippen LogP contribution in [0.2, 0.25) is 5.02 Å². The molecule has 1 aromatic carbocycles. The van der Waals surface area contributed by atoms with E-state index in [-0.39, 0.29) is 10.6 Å². The van der Waals surface area contributed by atoms with E-state index in [4.69, 9.17) is 16.3 Å². The van der Waals surface area contributed by atoms with Crippen molar-refractivity contribution in [2.24, 2.45) is 5.92 Å². The lowest BCUT2D eigenvalue weighted by atomic mass is 9.86. The number of halogens is 1. The number of amides is 2. The molecule has 7 heteroatoms. The Morgan fingerprint density at radius 2 is 1.80 bits per heavy atom. The fraction of sp³-hybridized carbons (Fsp3) is 0.500. The van der Waals surface area contributed by atoms with E-state index in [1.807, 2.05) is 0 Å². The maximum absolute atomic E-state index is 11.9. The van der Waals surface area contributed by atoms with Crippen LogP contribution in [0.15, 0.2) is 24.3 Å². The van der Waals surface area contributed by atoms with Crippen LogP contribution >= 0.6 is 11.6 Å². The average Bonchev–Trinajstić information content (AvgIpc) is 2.64. The first kappa shape index (κ1) is 19.2. The van der Waals surface area contributed by atoms with Gasteiger partial charge in [-0.05, 0) is 24.5 Å². The summed E-state index contributed by atoms with van der Waals surface area (Å²) in [7, 11) is 0. The minimum Gasteiger partial charge on any atom is -0.455 e. The Balaban J connectivity index is 1.62. The van der Waals surface area contributed by atoms with Crippen LogP contribution in [0.1, 0.15) is 55.3 Å². The van der Waals surface area contributed by atoms with Gasteiger partial charge in [0.15, 0.2) is 6.61 Å². The molecule has 2 amide bonds. The van der Waals surface area contributed by atoms with Gasteiger partial charge in [-0.2, -0.15) is 0 Å². The van der Waals surface area contributed by atoms with Crippen LogP contribution in [-0.4, -0.2) is 24.4 Å². The Labute approximate surface area is 152 Å². The number of hydrogen-bond donors (Lipinski definition) is 2. The Hall–Kier alpha value is -2.08. The minimum absolute atomic E-state index is 0.244. The summed E-state index contributed by atoms with van der Waals surface area (Å²) in [4.78, 5) is 35.2. The highest BCUT2D eigenvalue weighted by molar-refractivity contribution is 6.33. The molecule has 25 heavy (non-hydrogen) atoms. The molecular formula is C18H23ClN2O4. The molecule has 2 rings (SSSR count). The second kappa shape index (κ2) is 10.0. The first-order valence-corrected chi connectivity index (χ1v) is 8.93. The number of hydrazine groups is 1. The van der Waals surface area contributed by atoms with Crippen molar-refractivity contribution >= 4 is 29.4 Å². The molecule has 1 fully saturated rings. The van der Waals surface area contributed by atoms with Crippen LogP contribution in [0.3, 0.4) is 0 Å². The predicted molar refractivity (Wildman–Crippen MR) is 93.8 cm³/mol. The topological polar surface area (TPSA) is 84.5 Å². The smallest absolute Gasteiger partial charge is 0.306 e. The van der Waals surface area contributed by atoms with Crippen LogP contribution in [0.4, 0.5) is 0 Å². The SMILES string of the molecule is O=C(COC(=O)CCC1CCCCC1)NNC(=O)c1ccccc1Cl. The van der Waals surface area contributed by atoms with Crippen molar-refractivity contribution in [3.63, 3.8) is 0 Å². The van der Waals surface area contributed by atoms with Crippen molar-refractivity contribution < 1.29 is 19.1 Å². The first-order valence-electron chi connectivity index (χ1n) is 8.55. The molecule has 0 bridgehead atoms. The van der Waals surface area contributed by atoms with Gasteiger partial charge in [-0.15, -0.1) is 0 Å². The van der Waals surface area contributed by atoms with E-state index in [0.717, 1.165) is 6.42 Å². The summed E-state index contributed by atoms with van der Waals surface area (Å²) in [5, 5.41) is 0.281. The van der Waals surface area contributed by atoms with E-state index in [1.165, 1.54) is 38.2 Å². The van der Waals surface area contributed by atoms with Gasteiger partial charge >= 0.3 is 5.97 Å². The highest BCUT2D eigenvalue weighted by Crippen LogP contribution is 2.27. The third-order valence-corrected chi connectivity index (χ3v) is 4.61. The molecule has 0 radical (unpaired) electrons. The number of hydrogen-bond acceptors (Lipinski definition) is 4. The number of carbonyl (C=O) groups is 3. The fourth-order valence-electron chi connectivity index (χ4n) is 2.89. The summed E-state index contributed by atoms with van der Waals surface area (Å²) in [6, 6.07) is 6.47. The van der Waals surface area contributed by atoms with Crippen molar-refractivity contribution in [2.45, 2.75) is 44.9 Å². The van der Waals surface area contributed by atoms with Gasteiger partial charge in [0.2, 0.25) is 0 Å². The first-order chi connectivity index (χ1) is 12.1. The lowest BCUT2D eigenvalue weighted by Gasteiger charge is -2.20. The molecule has 0 heterocycles. The summed E-state index contributed by atoms with van der Waals surface area (Å²) < 4.78 is 4.93. The quantitative estimate of drug-likeness (QED) is 0.598. The van der Waals surface area contributed by atoms with E-state index in [1.54, 1.807) is 18.2 Å². The molecule has 1 aliphatic rings. The van der Waals surface area contributed by atoms with Crippen LogP contribution in [-0.2, 0) is 14.3 Å². The van der Waals surface area contributed by atoms with Gasteiger partial charge in [-0.1, -0.05) is 55.8 Å². The molecule has 6 nitrogen and oxygen atoms in total. The number of rotatable bonds is 6. The Morgan fingerprint density at radius 1 is 1.08 bits per heavy atom. The van der Waals surface area contributed by atoms with E-state index in [0.29, 0.717) is 12.3 Å². The average molecular weight is 367 g/mol. The van der Waals surface area contributed by atoms with Crippen LogP contribution < -0.4 is 10.9 Å². The van der Waals surface area contributed by atoms with Crippen molar-refractivity contribution in [1.82, 2.24) is 10.9 Å². The maximum Gasteiger partial charge on any atom is 0.306 e. The fourth-order valence-corrected chi connectivity index (χ4v) is 3.11. The van der Waals surface area contributed by atoms with Gasteiger partial charge in [0.1, 0.15) is 0 Å². The van der Waals surface area contributed by atoms with Crippen molar-refractivity contribution in [1.29, 1.82) is 0 Å². The van der Waals surface area contributed by atoms with E-state index < -0.39 is 24.4 Å². The lowest BCUT2D eigenvalue weighted by Crippen LogP contribution is -2.43. The summed E-state index contributed by atoms with van der Waals surface area (Å²) in [6.07, 6.45) is 7.21. The third kappa shape index (κ3) is 6.74. The molecule has 0 unspecified atom stereocenters. The van der Waals surface area contributed by atoms with Gasteiger partial charge in [-0.25, -0.2) is 0 Å². The monoisotopic (exact) mass is 366 g/mol. The zero-order chi connectivity index (χ0) is 18.1. The van der Waals surface area contributed by atoms with E-state index in [9.17, 15) is 14.4 Å². The normalized spacial score (nSPS) is 14.6. The van der Waals surface area contributed by atoms with Crippen LogP contribution in [0.25, 0.3) is 0 Å².